The largest absolute Gasteiger partial charge is 0.479 e. The molecule has 2 aromatic heterocycles. The molecule has 1 N–H and O–H groups in total. The first kappa shape index (κ1) is 13.1. The molecule has 6 heteroatoms. The number of hydrogen-bond acceptors (Lipinski definition) is 5. The number of rotatable bonds is 2. The second kappa shape index (κ2) is 4.86. The number of aromatic nitrogens is 2. The molecule has 0 aliphatic carbocycles. The number of carbonyl (C=O) groups is 1. The lowest BCUT2D eigenvalue weighted by molar-refractivity contribution is -0.138. The van der Waals surface area contributed by atoms with Gasteiger partial charge in [-0.15, -0.1) is 11.3 Å². The zero-order valence-corrected chi connectivity index (χ0v) is 12.1. The van der Waals surface area contributed by atoms with E-state index in [1.54, 1.807) is 11.3 Å². The van der Waals surface area contributed by atoms with Crippen LogP contribution in [0.5, 0.6) is 0 Å². The number of thiophene rings is 1. The third kappa shape index (κ3) is 2.16. The van der Waals surface area contributed by atoms with E-state index in [0.717, 1.165) is 22.6 Å². The van der Waals surface area contributed by atoms with E-state index in [4.69, 9.17) is 0 Å². The smallest absolute Gasteiger partial charge is 0.331 e. The quantitative estimate of drug-likeness (QED) is 0.919. The molecule has 0 aromatic carbocycles. The molecule has 3 rings (SSSR count). The number of carboxylic acid groups (broad SMARTS) is 1. The van der Waals surface area contributed by atoms with E-state index < -0.39 is 12.0 Å². The molecule has 20 heavy (non-hydrogen) atoms. The van der Waals surface area contributed by atoms with Crippen LogP contribution in [0.3, 0.4) is 0 Å². The van der Waals surface area contributed by atoms with Gasteiger partial charge >= 0.3 is 5.97 Å². The second-order valence-corrected chi connectivity index (χ2v) is 5.90. The van der Waals surface area contributed by atoms with Crippen LogP contribution in [0.15, 0.2) is 17.5 Å². The van der Waals surface area contributed by atoms with E-state index in [1.165, 1.54) is 0 Å². The fourth-order valence-corrected chi connectivity index (χ4v) is 3.58. The summed E-state index contributed by atoms with van der Waals surface area (Å²) in [6.45, 7) is 4.39. The fraction of sp³-hybridized carbons (Fsp3) is 0.357. The molecule has 0 radical (unpaired) electrons. The predicted molar refractivity (Wildman–Crippen MR) is 77.3 cm³/mol. The van der Waals surface area contributed by atoms with Gasteiger partial charge in [0.05, 0.1) is 0 Å². The summed E-state index contributed by atoms with van der Waals surface area (Å²) in [5.41, 5.74) is 1.75. The highest BCUT2D eigenvalue weighted by Crippen LogP contribution is 2.35. The molecule has 3 heterocycles. The van der Waals surface area contributed by atoms with Crippen LogP contribution in [-0.4, -0.2) is 27.6 Å². The van der Waals surface area contributed by atoms with Gasteiger partial charge in [0.1, 0.15) is 11.6 Å². The minimum Gasteiger partial charge on any atom is -0.479 e. The third-order valence-corrected chi connectivity index (χ3v) is 4.44. The zero-order chi connectivity index (χ0) is 14.3. The number of anilines is 1. The van der Waals surface area contributed by atoms with Crippen molar-refractivity contribution >= 4 is 23.1 Å². The summed E-state index contributed by atoms with van der Waals surface area (Å²) in [4.78, 5) is 23.4. The Labute approximate surface area is 120 Å². The maximum absolute atomic E-state index is 11.7. The van der Waals surface area contributed by atoms with Crippen molar-refractivity contribution in [3.05, 3.63) is 39.5 Å². The second-order valence-electron chi connectivity index (χ2n) is 4.90. The van der Waals surface area contributed by atoms with Crippen LogP contribution in [0.1, 0.15) is 28.0 Å². The number of hydrogen-bond donors (Lipinski definition) is 1. The van der Waals surface area contributed by atoms with Gasteiger partial charge in [0, 0.05) is 23.2 Å². The van der Waals surface area contributed by atoms with Crippen LogP contribution in [0.25, 0.3) is 0 Å². The van der Waals surface area contributed by atoms with E-state index >= 15 is 0 Å². The first-order valence-corrected chi connectivity index (χ1v) is 7.32. The summed E-state index contributed by atoms with van der Waals surface area (Å²) in [5.74, 6) is 0.526. The standard InChI is InChI=1S/C14H15N3O2S/c1-8-7-12(16-9(2)15-8)17-5-3-11-10(4-6-20-11)13(17)14(18)19/h4,6-7,13H,3,5H2,1-2H3,(H,18,19). The van der Waals surface area contributed by atoms with Crippen molar-refractivity contribution in [3.63, 3.8) is 0 Å². The number of carboxylic acids is 1. The van der Waals surface area contributed by atoms with Gasteiger partial charge in [-0.2, -0.15) is 0 Å². The van der Waals surface area contributed by atoms with E-state index in [0.29, 0.717) is 18.2 Å². The van der Waals surface area contributed by atoms with Crippen LogP contribution in [0.4, 0.5) is 5.82 Å². The molecule has 0 spiro atoms. The minimum atomic E-state index is -0.835. The van der Waals surface area contributed by atoms with Gasteiger partial charge in [-0.25, -0.2) is 14.8 Å². The average molecular weight is 289 g/mol. The van der Waals surface area contributed by atoms with Crippen LogP contribution < -0.4 is 4.90 Å². The van der Waals surface area contributed by atoms with Gasteiger partial charge in [-0.05, 0) is 37.3 Å². The first-order valence-electron chi connectivity index (χ1n) is 6.44. The Kier molecular flexibility index (Phi) is 3.17. The molecular formula is C14H15N3O2S. The van der Waals surface area contributed by atoms with Gasteiger partial charge in [0.25, 0.3) is 0 Å². The summed E-state index contributed by atoms with van der Waals surface area (Å²) < 4.78 is 0. The number of aryl methyl sites for hydroxylation is 2. The van der Waals surface area contributed by atoms with E-state index in [9.17, 15) is 9.90 Å². The fourth-order valence-electron chi connectivity index (χ4n) is 2.67. The summed E-state index contributed by atoms with van der Waals surface area (Å²) in [6, 6.07) is 3.10. The Morgan fingerprint density at radius 2 is 2.25 bits per heavy atom. The number of fused-ring (bicyclic) bond motifs is 1. The number of aliphatic carboxylic acids is 1. The molecule has 0 saturated carbocycles. The molecule has 0 fully saturated rings. The lowest BCUT2D eigenvalue weighted by atomic mass is 10.00. The van der Waals surface area contributed by atoms with E-state index in [2.05, 4.69) is 9.97 Å². The first-order chi connectivity index (χ1) is 9.56. The monoisotopic (exact) mass is 289 g/mol. The molecule has 5 nitrogen and oxygen atoms in total. The molecule has 0 amide bonds. The van der Waals surface area contributed by atoms with Gasteiger partial charge in [-0.1, -0.05) is 0 Å². The number of nitrogens with zero attached hydrogens (tertiary/aromatic N) is 3. The van der Waals surface area contributed by atoms with Crippen molar-refractivity contribution in [1.29, 1.82) is 0 Å². The van der Waals surface area contributed by atoms with Crippen LogP contribution in [0.2, 0.25) is 0 Å². The Bertz CT molecular complexity index is 648. The predicted octanol–water partition coefficient (Wildman–Crippen LogP) is 2.34. The molecule has 104 valence electrons. The third-order valence-electron chi connectivity index (χ3n) is 3.45. The zero-order valence-electron chi connectivity index (χ0n) is 11.3. The summed E-state index contributed by atoms with van der Waals surface area (Å²) in [5, 5.41) is 11.6. The molecule has 1 atom stereocenters. The molecule has 1 aliphatic heterocycles. The Balaban J connectivity index is 2.07. The topological polar surface area (TPSA) is 66.3 Å². The normalized spacial score (nSPS) is 17.9. The summed E-state index contributed by atoms with van der Waals surface area (Å²) in [7, 11) is 0. The van der Waals surface area contributed by atoms with Gasteiger partial charge in [-0.3, -0.25) is 0 Å². The van der Waals surface area contributed by atoms with E-state index in [-0.39, 0.29) is 0 Å². The van der Waals surface area contributed by atoms with Crippen molar-refractivity contribution in [2.24, 2.45) is 0 Å². The highest BCUT2D eigenvalue weighted by Gasteiger charge is 2.34. The van der Waals surface area contributed by atoms with Crippen LogP contribution in [-0.2, 0) is 11.2 Å². The average Bonchev–Trinajstić information content (AvgIpc) is 2.83. The minimum absolute atomic E-state index is 0.654. The lowest BCUT2D eigenvalue weighted by Gasteiger charge is -2.34. The summed E-state index contributed by atoms with van der Waals surface area (Å²) in [6.07, 6.45) is 0.860. The van der Waals surface area contributed by atoms with Crippen molar-refractivity contribution in [2.75, 3.05) is 11.4 Å². The Morgan fingerprint density at radius 3 is 2.95 bits per heavy atom. The molecule has 0 bridgehead atoms. The SMILES string of the molecule is Cc1cc(N2CCc3sccc3C2C(=O)O)nc(C)n1. The molecule has 0 saturated heterocycles. The Morgan fingerprint density at radius 1 is 1.45 bits per heavy atom. The van der Waals surface area contributed by atoms with Crippen LogP contribution in [0, 0.1) is 13.8 Å². The molecule has 1 unspecified atom stereocenters. The summed E-state index contributed by atoms with van der Waals surface area (Å²) >= 11 is 1.63. The van der Waals surface area contributed by atoms with Crippen molar-refractivity contribution in [3.8, 4) is 0 Å². The van der Waals surface area contributed by atoms with Gasteiger partial charge < -0.3 is 10.0 Å². The Hall–Kier alpha value is -1.95. The van der Waals surface area contributed by atoms with E-state index in [1.807, 2.05) is 36.3 Å². The molecule has 1 aliphatic rings. The highest BCUT2D eigenvalue weighted by atomic mass is 32.1. The van der Waals surface area contributed by atoms with Crippen molar-refractivity contribution in [2.45, 2.75) is 26.3 Å². The van der Waals surface area contributed by atoms with Crippen molar-refractivity contribution < 1.29 is 9.90 Å². The highest BCUT2D eigenvalue weighted by molar-refractivity contribution is 7.10. The maximum Gasteiger partial charge on any atom is 0.331 e. The van der Waals surface area contributed by atoms with Crippen LogP contribution >= 0.6 is 11.3 Å². The van der Waals surface area contributed by atoms with Crippen molar-refractivity contribution in [1.82, 2.24) is 9.97 Å². The molecular weight excluding hydrogens is 274 g/mol. The van der Waals surface area contributed by atoms with Gasteiger partial charge in [0.15, 0.2) is 6.04 Å². The maximum atomic E-state index is 11.7. The molecule has 2 aromatic rings. The lowest BCUT2D eigenvalue weighted by Crippen LogP contribution is -2.39. The van der Waals surface area contributed by atoms with Gasteiger partial charge in [0.2, 0.25) is 0 Å².